The van der Waals surface area contributed by atoms with Crippen molar-refractivity contribution in [2.24, 2.45) is 11.8 Å². The molecule has 0 bridgehead atoms. The van der Waals surface area contributed by atoms with Crippen LogP contribution in [-0.4, -0.2) is 61.3 Å². The van der Waals surface area contributed by atoms with Gasteiger partial charge in [0.05, 0.1) is 7.11 Å². The highest BCUT2D eigenvalue weighted by Gasteiger charge is 2.34. The maximum Gasteiger partial charge on any atom is 0.165 e. The van der Waals surface area contributed by atoms with E-state index < -0.39 is 0 Å². The number of hydrogen-bond acceptors (Lipinski definition) is 5. The highest BCUT2D eigenvalue weighted by molar-refractivity contribution is 5.37. The van der Waals surface area contributed by atoms with Crippen LogP contribution >= 0.6 is 0 Å². The topological polar surface area (TPSA) is 45.2 Å². The molecule has 38 heavy (non-hydrogen) atoms. The Morgan fingerprint density at radius 1 is 1.08 bits per heavy atom. The van der Waals surface area contributed by atoms with E-state index in [4.69, 9.17) is 9.47 Å². The number of aromatic hydroxyl groups is 1. The van der Waals surface area contributed by atoms with Crippen LogP contribution in [0.4, 0.5) is 4.39 Å². The first-order chi connectivity index (χ1) is 18.4. The summed E-state index contributed by atoms with van der Waals surface area (Å²) in [6, 6.07) is 11.3. The van der Waals surface area contributed by atoms with Gasteiger partial charge in [0.15, 0.2) is 11.6 Å². The number of phenols is 1. The summed E-state index contributed by atoms with van der Waals surface area (Å²) in [6.07, 6.45) is 10.7. The Morgan fingerprint density at radius 2 is 1.92 bits per heavy atom. The lowest BCUT2D eigenvalue weighted by Crippen LogP contribution is -2.43. The van der Waals surface area contributed by atoms with Gasteiger partial charge in [-0.05, 0) is 111 Å². The van der Waals surface area contributed by atoms with Crippen molar-refractivity contribution < 1.29 is 19.0 Å². The number of halogens is 1. The number of phenolic OH excluding ortho intramolecular Hbond substituents is 1. The minimum atomic E-state index is -0.308. The maximum absolute atomic E-state index is 15.0. The number of rotatable bonds is 12. The largest absolute Gasteiger partial charge is 0.508 e. The first-order valence-electron chi connectivity index (χ1n) is 14.0. The fourth-order valence-corrected chi connectivity index (χ4v) is 5.90. The zero-order valence-corrected chi connectivity index (χ0v) is 23.3. The number of methoxy groups -OCH3 is 1. The van der Waals surface area contributed by atoms with Crippen LogP contribution in [0.5, 0.6) is 11.5 Å². The van der Waals surface area contributed by atoms with Gasteiger partial charge in [-0.2, -0.15) is 0 Å². The van der Waals surface area contributed by atoms with Gasteiger partial charge in [0.25, 0.3) is 0 Å². The van der Waals surface area contributed by atoms with Crippen LogP contribution in [0.2, 0.25) is 0 Å². The Hall–Kier alpha value is -2.83. The number of aryl methyl sites for hydroxylation is 1. The number of benzene rings is 2. The molecule has 2 aliphatic rings. The smallest absolute Gasteiger partial charge is 0.165 e. The summed E-state index contributed by atoms with van der Waals surface area (Å²) in [5, 5.41) is 9.89. The molecule has 2 aliphatic carbocycles. The van der Waals surface area contributed by atoms with Gasteiger partial charge in [-0.3, -0.25) is 4.90 Å². The number of allylic oxidation sites excluding steroid dienone is 1. The van der Waals surface area contributed by atoms with E-state index in [9.17, 15) is 9.50 Å². The zero-order valence-electron chi connectivity index (χ0n) is 23.3. The first kappa shape index (κ1) is 28.2. The highest BCUT2D eigenvalue weighted by Crippen LogP contribution is 2.38. The van der Waals surface area contributed by atoms with Crippen molar-refractivity contribution in [2.75, 3.05) is 40.4 Å². The van der Waals surface area contributed by atoms with E-state index in [1.807, 2.05) is 12.1 Å². The summed E-state index contributed by atoms with van der Waals surface area (Å²) >= 11 is 0. The predicted molar refractivity (Wildman–Crippen MR) is 151 cm³/mol. The van der Waals surface area contributed by atoms with Gasteiger partial charge < -0.3 is 19.5 Å². The van der Waals surface area contributed by atoms with Crippen molar-refractivity contribution in [3.63, 3.8) is 0 Å². The molecule has 2 aromatic rings. The van der Waals surface area contributed by atoms with Crippen molar-refractivity contribution in [1.82, 2.24) is 9.80 Å². The van der Waals surface area contributed by atoms with Gasteiger partial charge in [0.2, 0.25) is 0 Å². The van der Waals surface area contributed by atoms with Gasteiger partial charge in [0.1, 0.15) is 18.1 Å². The number of ether oxygens (including phenoxy) is 2. The molecular formula is C32H43FN2O3. The Morgan fingerprint density at radius 3 is 2.66 bits per heavy atom. The molecule has 0 fully saturated rings. The van der Waals surface area contributed by atoms with E-state index in [1.54, 1.807) is 25.3 Å². The molecule has 0 spiro atoms. The molecule has 2 aromatic carbocycles. The van der Waals surface area contributed by atoms with Crippen LogP contribution in [-0.2, 0) is 24.1 Å². The molecule has 0 heterocycles. The second-order valence-electron chi connectivity index (χ2n) is 10.6. The van der Waals surface area contributed by atoms with Crippen LogP contribution in [0.3, 0.4) is 0 Å². The Kier molecular flexibility index (Phi) is 9.86. The molecule has 0 saturated carbocycles. The summed E-state index contributed by atoms with van der Waals surface area (Å²) < 4.78 is 26.3. The molecule has 4 rings (SSSR count). The second kappa shape index (κ2) is 13.3. The van der Waals surface area contributed by atoms with Crippen molar-refractivity contribution in [3.8, 4) is 11.5 Å². The Bertz CT molecular complexity index is 1130. The van der Waals surface area contributed by atoms with Crippen LogP contribution in [0.25, 0.3) is 0 Å². The fraction of sp³-hybridized carbons (Fsp3) is 0.500. The summed E-state index contributed by atoms with van der Waals surface area (Å²) in [6.45, 7) is 8.04. The van der Waals surface area contributed by atoms with Crippen LogP contribution in [0.15, 0.2) is 60.4 Å². The van der Waals surface area contributed by atoms with Gasteiger partial charge in [-0.15, -0.1) is 0 Å². The van der Waals surface area contributed by atoms with Gasteiger partial charge >= 0.3 is 0 Å². The molecule has 0 radical (unpaired) electrons. The van der Waals surface area contributed by atoms with E-state index in [0.717, 1.165) is 56.6 Å². The van der Waals surface area contributed by atoms with Crippen molar-refractivity contribution >= 4 is 0 Å². The van der Waals surface area contributed by atoms with Crippen LogP contribution < -0.4 is 4.74 Å². The third kappa shape index (κ3) is 6.97. The summed E-state index contributed by atoms with van der Waals surface area (Å²) in [4.78, 5) is 4.60. The maximum atomic E-state index is 15.0. The zero-order chi connectivity index (χ0) is 27.1. The quantitative estimate of drug-likeness (QED) is 0.373. The fourth-order valence-electron chi connectivity index (χ4n) is 5.90. The second-order valence-corrected chi connectivity index (χ2v) is 10.6. The van der Waals surface area contributed by atoms with Gasteiger partial charge in [-0.25, -0.2) is 4.39 Å². The first-order valence-corrected chi connectivity index (χ1v) is 14.0. The van der Waals surface area contributed by atoms with E-state index >= 15 is 0 Å². The lowest BCUT2D eigenvalue weighted by atomic mass is 9.72. The summed E-state index contributed by atoms with van der Waals surface area (Å²) in [5.74, 6) is 2.02. The third-order valence-corrected chi connectivity index (χ3v) is 7.99. The minimum absolute atomic E-state index is 0.150. The molecule has 0 saturated heterocycles. The molecule has 6 heteroatoms. The van der Waals surface area contributed by atoms with E-state index in [-0.39, 0.29) is 11.9 Å². The van der Waals surface area contributed by atoms with Crippen LogP contribution in [0.1, 0.15) is 43.4 Å². The van der Waals surface area contributed by atoms with Crippen LogP contribution in [0, 0.1) is 17.7 Å². The average molecular weight is 523 g/mol. The number of likely N-dealkylation sites (N-methyl/N-ethyl adjacent to an activating group) is 2. The summed E-state index contributed by atoms with van der Waals surface area (Å²) in [5.41, 5.74) is 3.52. The van der Waals surface area contributed by atoms with Gasteiger partial charge in [0, 0.05) is 19.1 Å². The normalized spacial score (nSPS) is 20.9. The van der Waals surface area contributed by atoms with E-state index in [2.05, 4.69) is 55.0 Å². The van der Waals surface area contributed by atoms with E-state index in [0.29, 0.717) is 36.5 Å². The molecule has 2 unspecified atom stereocenters. The lowest BCUT2D eigenvalue weighted by molar-refractivity contribution is 0.147. The molecule has 206 valence electrons. The average Bonchev–Trinajstić information content (AvgIpc) is 2.92. The molecule has 5 nitrogen and oxygen atoms in total. The van der Waals surface area contributed by atoms with Gasteiger partial charge in [-0.1, -0.05) is 32.1 Å². The van der Waals surface area contributed by atoms with Crippen molar-refractivity contribution in [1.29, 1.82) is 0 Å². The molecule has 1 N–H and O–H groups in total. The Labute approximate surface area is 227 Å². The number of hydrogen-bond donors (Lipinski definition) is 1. The minimum Gasteiger partial charge on any atom is -0.508 e. The van der Waals surface area contributed by atoms with E-state index in [1.165, 1.54) is 11.1 Å². The molecule has 0 aliphatic heterocycles. The predicted octanol–water partition coefficient (Wildman–Crippen LogP) is 5.96. The SMILES string of the molecule is CCCN(C)CCOc1ccc(CN(CC)C2C=C(OC)C=CC2[C@@H]2CCc3cc(O)ccc3C2)cc1F. The van der Waals surface area contributed by atoms with Crippen molar-refractivity contribution in [3.05, 3.63) is 82.9 Å². The monoisotopic (exact) mass is 522 g/mol. The molecule has 0 amide bonds. The molecular weight excluding hydrogens is 479 g/mol. The summed E-state index contributed by atoms with van der Waals surface area (Å²) in [7, 11) is 3.76. The molecule has 3 atom stereocenters. The standard InChI is InChI=1S/C32H43FN2O3/c1-5-15-34(3)16-17-38-32-14-7-23(18-30(32)33)22-35(6-2)31-21-28(37-4)12-13-29(31)26-9-8-25-20-27(36)11-10-24(25)19-26/h7,10-14,18,20-21,26,29,31,36H,5-6,8-9,15-17,19,22H2,1-4H3/t26-,29?,31?/m1/s1. The lowest BCUT2D eigenvalue weighted by Gasteiger charge is -2.41. The highest BCUT2D eigenvalue weighted by atomic mass is 19.1. The third-order valence-electron chi connectivity index (χ3n) is 7.99. The molecule has 0 aromatic heterocycles. The number of fused-ring (bicyclic) bond motifs is 1. The van der Waals surface area contributed by atoms with Crippen molar-refractivity contribution in [2.45, 2.75) is 52.1 Å². The number of nitrogens with zero attached hydrogens (tertiary/aromatic N) is 2. The Balaban J connectivity index is 1.46.